The second kappa shape index (κ2) is 4.35. The van der Waals surface area contributed by atoms with Crippen LogP contribution in [0.25, 0.3) is 4.96 Å². The van der Waals surface area contributed by atoms with Gasteiger partial charge in [0.1, 0.15) is 17.3 Å². The Labute approximate surface area is 99.7 Å². The SMILES string of the molecule is CCOC(=O)c1csc2ncc(C#N)c(=O)n12. The topological polar surface area (TPSA) is 84.5 Å². The molecule has 7 heteroatoms. The van der Waals surface area contributed by atoms with Crippen molar-refractivity contribution in [2.75, 3.05) is 6.61 Å². The lowest BCUT2D eigenvalue weighted by atomic mass is 10.3. The van der Waals surface area contributed by atoms with Crippen molar-refractivity contribution in [1.29, 1.82) is 5.26 Å². The van der Waals surface area contributed by atoms with Crippen molar-refractivity contribution in [3.63, 3.8) is 0 Å². The van der Waals surface area contributed by atoms with Crippen molar-refractivity contribution >= 4 is 22.3 Å². The van der Waals surface area contributed by atoms with Crippen LogP contribution >= 0.6 is 11.3 Å². The summed E-state index contributed by atoms with van der Waals surface area (Å²) in [6.07, 6.45) is 1.20. The van der Waals surface area contributed by atoms with Gasteiger partial charge in [-0.3, -0.25) is 4.79 Å². The van der Waals surface area contributed by atoms with E-state index in [2.05, 4.69) is 4.98 Å². The fourth-order valence-electron chi connectivity index (χ4n) is 1.32. The number of rotatable bonds is 2. The van der Waals surface area contributed by atoms with E-state index in [0.29, 0.717) is 4.96 Å². The maximum Gasteiger partial charge on any atom is 0.356 e. The van der Waals surface area contributed by atoms with Crippen LogP contribution in [0.1, 0.15) is 23.0 Å². The number of thiazole rings is 1. The number of nitriles is 1. The molecule has 2 aromatic rings. The minimum atomic E-state index is -0.599. The molecule has 0 aliphatic heterocycles. The summed E-state index contributed by atoms with van der Waals surface area (Å²) in [5, 5.41) is 10.2. The molecule has 0 aromatic carbocycles. The lowest BCUT2D eigenvalue weighted by Crippen LogP contribution is -2.21. The number of hydrogen-bond donors (Lipinski definition) is 0. The van der Waals surface area contributed by atoms with Gasteiger partial charge in [0.25, 0.3) is 5.56 Å². The lowest BCUT2D eigenvalue weighted by molar-refractivity contribution is 0.0518. The normalized spacial score (nSPS) is 10.1. The monoisotopic (exact) mass is 249 g/mol. The van der Waals surface area contributed by atoms with Crippen LogP contribution in [0.2, 0.25) is 0 Å². The van der Waals surface area contributed by atoms with E-state index in [-0.39, 0.29) is 17.9 Å². The molecule has 0 amide bonds. The number of aromatic nitrogens is 2. The van der Waals surface area contributed by atoms with E-state index in [0.717, 1.165) is 15.7 Å². The Bertz CT molecular complexity index is 680. The average Bonchev–Trinajstić information content (AvgIpc) is 2.74. The first-order valence-corrected chi connectivity index (χ1v) is 5.63. The Kier molecular flexibility index (Phi) is 2.89. The van der Waals surface area contributed by atoms with Gasteiger partial charge in [-0.05, 0) is 6.92 Å². The van der Waals surface area contributed by atoms with E-state index < -0.39 is 11.5 Å². The van der Waals surface area contributed by atoms with Gasteiger partial charge in [-0.1, -0.05) is 0 Å². The molecule has 0 saturated heterocycles. The van der Waals surface area contributed by atoms with E-state index in [1.807, 2.05) is 0 Å². The summed E-state index contributed by atoms with van der Waals surface area (Å²) in [6, 6.07) is 1.73. The average molecular weight is 249 g/mol. The first kappa shape index (κ1) is 11.3. The van der Waals surface area contributed by atoms with Gasteiger partial charge in [0, 0.05) is 5.38 Å². The molecule has 0 spiro atoms. The number of ether oxygens (including phenoxy) is 1. The zero-order valence-electron chi connectivity index (χ0n) is 8.84. The third kappa shape index (κ3) is 1.79. The highest BCUT2D eigenvalue weighted by Crippen LogP contribution is 2.13. The van der Waals surface area contributed by atoms with E-state index >= 15 is 0 Å². The molecule has 0 aliphatic rings. The molecule has 0 aliphatic carbocycles. The van der Waals surface area contributed by atoms with Crippen molar-refractivity contribution in [1.82, 2.24) is 9.38 Å². The number of carbonyl (C=O) groups excluding carboxylic acids is 1. The standard InChI is InChI=1S/C10H7N3O3S/c1-2-16-9(15)7-5-17-10-12-4-6(3-11)8(14)13(7)10/h4-5H,2H2,1H3. The molecule has 0 saturated carbocycles. The van der Waals surface area contributed by atoms with Gasteiger partial charge in [0.2, 0.25) is 0 Å². The highest BCUT2D eigenvalue weighted by molar-refractivity contribution is 7.15. The molecule has 2 heterocycles. The van der Waals surface area contributed by atoms with Gasteiger partial charge >= 0.3 is 5.97 Å². The molecule has 0 atom stereocenters. The van der Waals surface area contributed by atoms with Gasteiger partial charge in [0.05, 0.1) is 12.8 Å². The Balaban J connectivity index is 2.71. The first-order valence-electron chi connectivity index (χ1n) is 4.75. The largest absolute Gasteiger partial charge is 0.461 e. The zero-order chi connectivity index (χ0) is 12.4. The van der Waals surface area contributed by atoms with Gasteiger partial charge in [-0.15, -0.1) is 11.3 Å². The number of nitrogens with zero attached hydrogens (tertiary/aromatic N) is 3. The first-order chi connectivity index (χ1) is 8.19. The lowest BCUT2D eigenvalue weighted by Gasteiger charge is -2.00. The van der Waals surface area contributed by atoms with Gasteiger partial charge in [0.15, 0.2) is 4.96 Å². The van der Waals surface area contributed by atoms with Gasteiger partial charge in [-0.25, -0.2) is 14.2 Å². The molecule has 86 valence electrons. The van der Waals surface area contributed by atoms with E-state index in [1.165, 1.54) is 11.6 Å². The molecule has 6 nitrogen and oxygen atoms in total. The molecule has 2 rings (SSSR count). The second-order valence-corrected chi connectivity index (χ2v) is 3.88. The van der Waals surface area contributed by atoms with Crippen LogP contribution in [0.3, 0.4) is 0 Å². The Hall–Kier alpha value is -2.20. The summed E-state index contributed by atoms with van der Waals surface area (Å²) < 4.78 is 5.92. The van der Waals surface area contributed by atoms with E-state index in [9.17, 15) is 9.59 Å². The molecule has 0 radical (unpaired) electrons. The minimum Gasteiger partial charge on any atom is -0.461 e. The molecule has 0 bridgehead atoms. The highest BCUT2D eigenvalue weighted by atomic mass is 32.1. The van der Waals surface area contributed by atoms with Crippen LogP contribution in [0.4, 0.5) is 0 Å². The third-order valence-electron chi connectivity index (χ3n) is 2.05. The number of fused-ring (bicyclic) bond motifs is 1. The Morgan fingerprint density at radius 3 is 3.12 bits per heavy atom. The molecule has 0 N–H and O–H groups in total. The third-order valence-corrected chi connectivity index (χ3v) is 2.89. The molecular formula is C10H7N3O3S. The Morgan fingerprint density at radius 2 is 2.47 bits per heavy atom. The maximum atomic E-state index is 11.8. The quantitative estimate of drug-likeness (QED) is 0.735. The smallest absolute Gasteiger partial charge is 0.356 e. The number of carbonyl (C=O) groups is 1. The minimum absolute atomic E-state index is 0.0986. The van der Waals surface area contributed by atoms with Gasteiger partial charge in [-0.2, -0.15) is 5.26 Å². The zero-order valence-corrected chi connectivity index (χ0v) is 9.65. The van der Waals surface area contributed by atoms with Crippen molar-refractivity contribution in [2.24, 2.45) is 0 Å². The molecule has 0 unspecified atom stereocenters. The summed E-state index contributed by atoms with van der Waals surface area (Å²) in [5.74, 6) is -0.599. The van der Waals surface area contributed by atoms with Crippen LogP contribution in [0, 0.1) is 11.3 Å². The number of esters is 1. The van der Waals surface area contributed by atoms with Crippen molar-refractivity contribution < 1.29 is 9.53 Å². The summed E-state index contributed by atoms with van der Waals surface area (Å²) in [7, 11) is 0. The van der Waals surface area contributed by atoms with Crippen molar-refractivity contribution in [3.05, 3.63) is 33.2 Å². The van der Waals surface area contributed by atoms with Crippen LogP contribution < -0.4 is 5.56 Å². The predicted octanol–water partition coefficient (Wildman–Crippen LogP) is 0.804. The van der Waals surface area contributed by atoms with Crippen LogP contribution in [-0.2, 0) is 4.74 Å². The summed E-state index contributed by atoms with van der Waals surface area (Å²) in [6.45, 7) is 1.89. The van der Waals surface area contributed by atoms with E-state index in [4.69, 9.17) is 10.00 Å². The molecule has 17 heavy (non-hydrogen) atoms. The highest BCUT2D eigenvalue weighted by Gasteiger charge is 2.16. The van der Waals surface area contributed by atoms with Crippen molar-refractivity contribution in [3.8, 4) is 6.07 Å². The predicted molar refractivity (Wildman–Crippen MR) is 60.0 cm³/mol. The van der Waals surface area contributed by atoms with Crippen LogP contribution in [-0.4, -0.2) is 22.0 Å². The van der Waals surface area contributed by atoms with Crippen LogP contribution in [0.5, 0.6) is 0 Å². The molecule has 2 aromatic heterocycles. The second-order valence-electron chi connectivity index (χ2n) is 3.05. The van der Waals surface area contributed by atoms with Crippen LogP contribution in [0.15, 0.2) is 16.4 Å². The fraction of sp³-hybridized carbons (Fsp3) is 0.200. The summed E-state index contributed by atoms with van der Waals surface area (Å²) in [5.41, 5.74) is -0.560. The number of hydrogen-bond acceptors (Lipinski definition) is 6. The molecular weight excluding hydrogens is 242 g/mol. The summed E-state index contributed by atoms with van der Waals surface area (Å²) in [4.78, 5) is 27.7. The van der Waals surface area contributed by atoms with Gasteiger partial charge < -0.3 is 4.74 Å². The molecule has 0 fully saturated rings. The summed E-state index contributed by atoms with van der Waals surface area (Å²) >= 11 is 1.14. The van der Waals surface area contributed by atoms with E-state index in [1.54, 1.807) is 13.0 Å². The maximum absolute atomic E-state index is 11.8. The Morgan fingerprint density at radius 1 is 1.71 bits per heavy atom. The van der Waals surface area contributed by atoms with Crippen molar-refractivity contribution in [2.45, 2.75) is 6.92 Å². The fourth-order valence-corrected chi connectivity index (χ4v) is 2.14.